The summed E-state index contributed by atoms with van der Waals surface area (Å²) in [6, 6.07) is 42.6. The normalized spacial score (nSPS) is 11.1. The van der Waals surface area contributed by atoms with Crippen LogP contribution < -0.4 is 0 Å². The van der Waals surface area contributed by atoms with Crippen LogP contribution in [0.25, 0.3) is 45.0 Å². The fourth-order valence-electron chi connectivity index (χ4n) is 4.67. The molecule has 0 fully saturated rings. The summed E-state index contributed by atoms with van der Waals surface area (Å²) in [4.78, 5) is 0.975. The van der Waals surface area contributed by atoms with E-state index in [1.165, 1.54) is 33.4 Å². The van der Waals surface area contributed by atoms with Crippen molar-refractivity contribution in [2.45, 2.75) is 11.8 Å². The quantitative estimate of drug-likeness (QED) is 0.230. The highest BCUT2D eigenvalue weighted by Crippen LogP contribution is 2.36. The van der Waals surface area contributed by atoms with Crippen molar-refractivity contribution in [1.29, 1.82) is 0 Å². The number of rotatable bonds is 6. The summed E-state index contributed by atoms with van der Waals surface area (Å²) < 4.78 is 0. The number of hydrogen-bond donors (Lipinski definition) is 1. The molecule has 1 heteroatoms. The molecule has 0 unspecified atom stereocenters. The third-order valence-electron chi connectivity index (χ3n) is 6.47. The number of benzene rings is 5. The molecule has 0 spiro atoms. The highest BCUT2D eigenvalue weighted by molar-refractivity contribution is 7.80. The van der Waals surface area contributed by atoms with Gasteiger partial charge in [0, 0.05) is 4.90 Å². The number of thiol groups is 1. The maximum absolute atomic E-state index is 4.73. The number of allylic oxidation sites excluding steroid dienone is 1. The minimum atomic E-state index is 0.975. The second kappa shape index (κ2) is 10.7. The molecule has 0 aliphatic rings. The van der Waals surface area contributed by atoms with Crippen LogP contribution in [0, 0.1) is 0 Å². The van der Waals surface area contributed by atoms with Crippen LogP contribution in [0.1, 0.15) is 23.6 Å². The summed E-state index contributed by atoms with van der Waals surface area (Å²) in [7, 11) is 0. The summed E-state index contributed by atoms with van der Waals surface area (Å²) in [5.41, 5.74) is 11.5. The van der Waals surface area contributed by atoms with Gasteiger partial charge in [-0.3, -0.25) is 0 Å². The predicted molar refractivity (Wildman–Crippen MR) is 159 cm³/mol. The van der Waals surface area contributed by atoms with E-state index in [1.54, 1.807) is 0 Å². The van der Waals surface area contributed by atoms with Gasteiger partial charge >= 0.3 is 0 Å². The van der Waals surface area contributed by atoms with Crippen molar-refractivity contribution in [3.05, 3.63) is 151 Å². The van der Waals surface area contributed by atoms with Crippen LogP contribution in [0.2, 0.25) is 0 Å². The lowest BCUT2D eigenvalue weighted by Crippen LogP contribution is -1.93. The van der Waals surface area contributed by atoms with Crippen LogP contribution in [0.5, 0.6) is 0 Å². The van der Waals surface area contributed by atoms with Gasteiger partial charge in [-0.1, -0.05) is 122 Å². The van der Waals surface area contributed by atoms with Crippen molar-refractivity contribution in [3.63, 3.8) is 0 Å². The van der Waals surface area contributed by atoms with Gasteiger partial charge in [0.25, 0.3) is 0 Å². The Balaban J connectivity index is 1.57. The molecule has 0 bridgehead atoms. The first kappa shape index (κ1) is 23.7. The highest BCUT2D eigenvalue weighted by atomic mass is 32.1. The highest BCUT2D eigenvalue weighted by Gasteiger charge is 2.13. The van der Waals surface area contributed by atoms with Crippen molar-refractivity contribution in [2.75, 3.05) is 0 Å². The standard InChI is InChI=1S/C35H28S/c1-3-12-26-15-7-8-18-31(26)25(2)32-19-9-10-20-33(32)30-17-11-16-28(23-30)29-21-22-35(36)34(24-29)27-13-5-4-6-14-27/h3-24,36H,2H2,1H3/b12-3-. The van der Waals surface area contributed by atoms with Crippen LogP contribution in [0.3, 0.4) is 0 Å². The van der Waals surface area contributed by atoms with E-state index in [4.69, 9.17) is 12.6 Å². The maximum atomic E-state index is 4.73. The molecule has 0 heterocycles. The third-order valence-corrected chi connectivity index (χ3v) is 6.86. The van der Waals surface area contributed by atoms with Gasteiger partial charge in [-0.25, -0.2) is 0 Å². The first-order valence-electron chi connectivity index (χ1n) is 12.2. The monoisotopic (exact) mass is 480 g/mol. The molecule has 0 aliphatic carbocycles. The van der Waals surface area contributed by atoms with Crippen molar-refractivity contribution in [2.24, 2.45) is 0 Å². The van der Waals surface area contributed by atoms with Crippen LogP contribution in [-0.2, 0) is 0 Å². The Morgan fingerprint density at radius 2 is 1.22 bits per heavy atom. The van der Waals surface area contributed by atoms with E-state index >= 15 is 0 Å². The smallest absolute Gasteiger partial charge is 0.0119 e. The summed E-state index contributed by atoms with van der Waals surface area (Å²) in [6.45, 7) is 6.56. The van der Waals surface area contributed by atoms with Gasteiger partial charge in [0.05, 0.1) is 0 Å². The Morgan fingerprint density at radius 3 is 2.03 bits per heavy atom. The molecule has 5 aromatic rings. The molecule has 0 aliphatic heterocycles. The molecule has 174 valence electrons. The molecule has 5 aromatic carbocycles. The Kier molecular flexibility index (Phi) is 7.02. The van der Waals surface area contributed by atoms with Gasteiger partial charge in [-0.15, -0.1) is 12.6 Å². The zero-order valence-corrected chi connectivity index (χ0v) is 21.3. The van der Waals surface area contributed by atoms with Crippen LogP contribution >= 0.6 is 12.6 Å². The first-order chi connectivity index (χ1) is 17.7. The van der Waals surface area contributed by atoms with Crippen molar-refractivity contribution < 1.29 is 0 Å². The second-order valence-electron chi connectivity index (χ2n) is 8.79. The molecule has 0 saturated carbocycles. The van der Waals surface area contributed by atoms with E-state index in [0.717, 1.165) is 27.2 Å². The summed E-state index contributed by atoms with van der Waals surface area (Å²) in [5, 5.41) is 0. The molecule has 36 heavy (non-hydrogen) atoms. The fraction of sp³-hybridized carbons (Fsp3) is 0.0286. The first-order valence-corrected chi connectivity index (χ1v) is 12.6. The summed E-state index contributed by atoms with van der Waals surface area (Å²) in [6.07, 6.45) is 4.21. The van der Waals surface area contributed by atoms with E-state index in [0.29, 0.717) is 0 Å². The predicted octanol–water partition coefficient (Wildman–Crippen LogP) is 10.1. The van der Waals surface area contributed by atoms with Crippen LogP contribution in [0.15, 0.2) is 139 Å². The Labute approximate surface area is 219 Å². The van der Waals surface area contributed by atoms with E-state index in [-0.39, 0.29) is 0 Å². The minimum Gasteiger partial charge on any atom is -0.143 e. The molecule has 0 aromatic heterocycles. The molecule has 0 N–H and O–H groups in total. The Hall–Kier alpha value is -4.07. The molecule has 0 atom stereocenters. The van der Waals surface area contributed by atoms with Gasteiger partial charge in [0.15, 0.2) is 0 Å². The van der Waals surface area contributed by atoms with Gasteiger partial charge in [0.1, 0.15) is 0 Å². The second-order valence-corrected chi connectivity index (χ2v) is 9.27. The molecule has 0 saturated heterocycles. The lowest BCUT2D eigenvalue weighted by atomic mass is 9.88. The van der Waals surface area contributed by atoms with E-state index in [2.05, 4.69) is 134 Å². The lowest BCUT2D eigenvalue weighted by Gasteiger charge is -2.16. The Bertz CT molecular complexity index is 1560. The lowest BCUT2D eigenvalue weighted by molar-refractivity contribution is 1.45. The van der Waals surface area contributed by atoms with Crippen molar-refractivity contribution >= 4 is 24.3 Å². The van der Waals surface area contributed by atoms with Crippen molar-refractivity contribution in [3.8, 4) is 33.4 Å². The van der Waals surface area contributed by atoms with E-state index < -0.39 is 0 Å². The Morgan fingerprint density at radius 1 is 0.583 bits per heavy atom. The number of hydrogen-bond acceptors (Lipinski definition) is 1. The minimum absolute atomic E-state index is 0.975. The third kappa shape index (κ3) is 4.84. The molecule has 5 rings (SSSR count). The molecule has 0 amide bonds. The molecule has 0 nitrogen and oxygen atoms in total. The summed E-state index contributed by atoms with van der Waals surface area (Å²) >= 11 is 4.73. The van der Waals surface area contributed by atoms with Gasteiger partial charge < -0.3 is 0 Å². The topological polar surface area (TPSA) is 0 Å². The SMILES string of the molecule is C=C(c1ccccc1/C=C\C)c1ccccc1-c1cccc(-c2ccc(S)c(-c3ccccc3)c2)c1. The molecule has 0 radical (unpaired) electrons. The zero-order valence-electron chi connectivity index (χ0n) is 20.4. The molecular formula is C35H28S. The van der Waals surface area contributed by atoms with Crippen molar-refractivity contribution in [1.82, 2.24) is 0 Å². The van der Waals surface area contributed by atoms with Gasteiger partial charge in [0.2, 0.25) is 0 Å². The largest absolute Gasteiger partial charge is 0.143 e. The van der Waals surface area contributed by atoms with Gasteiger partial charge in [-0.05, 0) is 80.8 Å². The van der Waals surface area contributed by atoms with E-state index in [1.807, 2.05) is 13.0 Å². The average Bonchev–Trinajstić information content (AvgIpc) is 2.94. The summed E-state index contributed by atoms with van der Waals surface area (Å²) in [5.74, 6) is 0. The maximum Gasteiger partial charge on any atom is 0.0119 e. The molecular weight excluding hydrogens is 452 g/mol. The van der Waals surface area contributed by atoms with Gasteiger partial charge in [-0.2, -0.15) is 0 Å². The van der Waals surface area contributed by atoms with Crippen LogP contribution in [-0.4, -0.2) is 0 Å². The average molecular weight is 481 g/mol. The van der Waals surface area contributed by atoms with E-state index in [9.17, 15) is 0 Å². The van der Waals surface area contributed by atoms with Crippen LogP contribution in [0.4, 0.5) is 0 Å². The zero-order chi connectivity index (χ0) is 24.9. The fourth-order valence-corrected chi connectivity index (χ4v) is 4.94.